The SMILES string of the molecule is [2H]C(CCCCCCCCCC)C(=O)OOC(=O)C([2H])CCCCCCCCCC. The maximum Gasteiger partial charge on any atom is 0.355 e. The first-order valence-corrected chi connectivity index (χ1v) is 11.8. The predicted octanol–water partition coefficient (Wildman–Crippen LogP) is 7.83. The summed E-state index contributed by atoms with van der Waals surface area (Å²) in [7, 11) is 0. The Hall–Kier alpha value is -1.06. The van der Waals surface area contributed by atoms with E-state index in [1.807, 2.05) is 0 Å². The van der Waals surface area contributed by atoms with Crippen LogP contribution in [0, 0.1) is 0 Å². The molecule has 0 aliphatic rings. The van der Waals surface area contributed by atoms with Crippen LogP contribution < -0.4 is 0 Å². The zero-order valence-corrected chi connectivity index (χ0v) is 18.5. The molecular formula is C24H46O4. The van der Waals surface area contributed by atoms with E-state index in [9.17, 15) is 9.59 Å². The van der Waals surface area contributed by atoms with Gasteiger partial charge < -0.3 is 0 Å². The summed E-state index contributed by atoms with van der Waals surface area (Å²) in [6, 6.07) is 0. The van der Waals surface area contributed by atoms with Crippen molar-refractivity contribution >= 4 is 11.9 Å². The van der Waals surface area contributed by atoms with E-state index in [0.717, 1.165) is 38.5 Å². The van der Waals surface area contributed by atoms with Gasteiger partial charge in [-0.1, -0.05) is 117 Å². The molecule has 0 saturated carbocycles. The Morgan fingerprint density at radius 2 is 0.750 bits per heavy atom. The minimum Gasteiger partial charge on any atom is -0.247 e. The molecule has 4 nitrogen and oxygen atoms in total. The van der Waals surface area contributed by atoms with Crippen molar-refractivity contribution in [1.82, 2.24) is 0 Å². The van der Waals surface area contributed by atoms with Crippen molar-refractivity contribution < 1.29 is 22.1 Å². The van der Waals surface area contributed by atoms with Gasteiger partial charge in [0, 0.05) is 2.74 Å². The Balaban J connectivity index is 3.66. The van der Waals surface area contributed by atoms with Crippen LogP contribution in [0.25, 0.3) is 0 Å². The molecule has 0 spiro atoms. The van der Waals surface area contributed by atoms with Gasteiger partial charge in [-0.3, -0.25) is 0 Å². The predicted molar refractivity (Wildman–Crippen MR) is 116 cm³/mol. The molecule has 0 fully saturated rings. The van der Waals surface area contributed by atoms with Crippen LogP contribution in [0.5, 0.6) is 0 Å². The van der Waals surface area contributed by atoms with E-state index in [-0.39, 0.29) is 0 Å². The van der Waals surface area contributed by atoms with E-state index >= 15 is 0 Å². The van der Waals surface area contributed by atoms with Crippen LogP contribution >= 0.6 is 0 Å². The van der Waals surface area contributed by atoms with Crippen LogP contribution in [0.1, 0.15) is 145 Å². The summed E-state index contributed by atoms with van der Waals surface area (Å²) >= 11 is 0. The highest BCUT2D eigenvalue weighted by molar-refractivity contribution is 5.72. The Bertz CT molecular complexity index is 380. The van der Waals surface area contributed by atoms with Crippen molar-refractivity contribution in [3.05, 3.63) is 0 Å². The number of hydrogen-bond acceptors (Lipinski definition) is 4. The largest absolute Gasteiger partial charge is 0.355 e. The number of carbonyl (C=O) groups excluding carboxylic acids is 2. The molecule has 2 atom stereocenters. The maximum absolute atomic E-state index is 11.8. The summed E-state index contributed by atoms with van der Waals surface area (Å²) in [5.41, 5.74) is 0. The molecule has 0 saturated heterocycles. The van der Waals surface area contributed by atoms with Crippen LogP contribution in [-0.4, -0.2) is 11.9 Å². The standard InChI is InChI=1S/C24H46O4/c1-3-5-7-9-11-13-15-17-19-21-23(25)27-28-24(26)22-20-18-16-14-12-10-8-6-4-2/h3-22H2,1-2H3/i21D,22D. The summed E-state index contributed by atoms with van der Waals surface area (Å²) in [4.78, 5) is 32.5. The maximum atomic E-state index is 11.8. The van der Waals surface area contributed by atoms with Gasteiger partial charge in [-0.05, 0) is 12.8 Å². The van der Waals surface area contributed by atoms with Crippen LogP contribution in [-0.2, 0) is 19.4 Å². The highest BCUT2D eigenvalue weighted by Gasteiger charge is 2.09. The van der Waals surface area contributed by atoms with Crippen molar-refractivity contribution in [2.45, 2.75) is 142 Å². The van der Waals surface area contributed by atoms with Gasteiger partial charge in [0.1, 0.15) is 0 Å². The monoisotopic (exact) mass is 400 g/mol. The number of rotatable bonds is 20. The topological polar surface area (TPSA) is 52.6 Å². The Kier molecular flexibility index (Phi) is 18.4. The molecule has 0 aromatic rings. The summed E-state index contributed by atoms with van der Waals surface area (Å²) in [5.74, 6) is -1.68. The van der Waals surface area contributed by atoms with E-state index in [1.54, 1.807) is 0 Å². The van der Waals surface area contributed by atoms with Crippen LogP contribution in [0.2, 0.25) is 0 Å². The Morgan fingerprint density at radius 1 is 0.500 bits per heavy atom. The van der Waals surface area contributed by atoms with Gasteiger partial charge in [0.25, 0.3) is 0 Å². The van der Waals surface area contributed by atoms with E-state index in [4.69, 9.17) is 2.74 Å². The normalized spacial score (nSPS) is 14.1. The van der Waals surface area contributed by atoms with E-state index in [2.05, 4.69) is 23.6 Å². The number of carbonyl (C=O) groups is 2. The van der Waals surface area contributed by atoms with Crippen molar-refractivity contribution in [3.8, 4) is 0 Å². The molecule has 0 aliphatic heterocycles. The third-order valence-corrected chi connectivity index (χ3v) is 4.94. The van der Waals surface area contributed by atoms with Crippen molar-refractivity contribution in [1.29, 1.82) is 0 Å². The second-order valence-electron chi connectivity index (χ2n) is 7.74. The molecule has 28 heavy (non-hydrogen) atoms. The fourth-order valence-corrected chi connectivity index (χ4v) is 3.15. The molecule has 0 radical (unpaired) electrons. The van der Waals surface area contributed by atoms with Crippen LogP contribution in [0.4, 0.5) is 0 Å². The van der Waals surface area contributed by atoms with Gasteiger partial charge in [0.15, 0.2) is 0 Å². The second-order valence-corrected chi connectivity index (χ2v) is 7.74. The fraction of sp³-hybridized carbons (Fsp3) is 0.917. The zero-order valence-electron chi connectivity index (χ0n) is 20.5. The van der Waals surface area contributed by atoms with Crippen molar-refractivity contribution in [3.63, 3.8) is 0 Å². The van der Waals surface area contributed by atoms with Gasteiger partial charge in [-0.2, -0.15) is 0 Å². The third-order valence-electron chi connectivity index (χ3n) is 4.94. The minimum absolute atomic E-state index is 0.411. The molecule has 0 aromatic heterocycles. The lowest BCUT2D eigenvalue weighted by atomic mass is 10.1. The third kappa shape index (κ3) is 21.2. The molecular weight excluding hydrogens is 352 g/mol. The van der Waals surface area contributed by atoms with Crippen LogP contribution in [0.3, 0.4) is 0 Å². The molecule has 0 aliphatic carbocycles. The van der Waals surface area contributed by atoms with Crippen molar-refractivity contribution in [2.75, 3.05) is 0 Å². The van der Waals surface area contributed by atoms with Gasteiger partial charge in [0.05, 0.1) is 12.8 Å². The molecule has 166 valence electrons. The molecule has 0 rings (SSSR count). The van der Waals surface area contributed by atoms with E-state index < -0.39 is 24.7 Å². The van der Waals surface area contributed by atoms with Gasteiger partial charge in [-0.15, -0.1) is 0 Å². The lowest BCUT2D eigenvalue weighted by Gasteiger charge is -2.04. The Morgan fingerprint density at radius 3 is 1.04 bits per heavy atom. The van der Waals surface area contributed by atoms with Gasteiger partial charge >= 0.3 is 11.9 Å². The zero-order chi connectivity index (χ0) is 22.5. The molecule has 0 amide bonds. The smallest absolute Gasteiger partial charge is 0.247 e. The lowest BCUT2D eigenvalue weighted by Crippen LogP contribution is -2.11. The first-order chi connectivity index (χ1) is 14.5. The number of unbranched alkanes of at least 4 members (excludes halogenated alkanes) is 14. The molecule has 4 heteroatoms. The highest BCUT2D eigenvalue weighted by Crippen LogP contribution is 2.12. The average Bonchev–Trinajstić information content (AvgIpc) is 2.75. The fourth-order valence-electron chi connectivity index (χ4n) is 3.15. The summed E-state index contributed by atoms with van der Waals surface area (Å²) in [6.45, 7) is 4.40. The van der Waals surface area contributed by atoms with E-state index in [0.29, 0.717) is 12.8 Å². The average molecular weight is 401 g/mol. The quantitative estimate of drug-likeness (QED) is 0.119. The van der Waals surface area contributed by atoms with Crippen LogP contribution in [0.15, 0.2) is 0 Å². The first-order valence-electron chi connectivity index (χ1n) is 12.9. The van der Waals surface area contributed by atoms with Gasteiger partial charge in [-0.25, -0.2) is 19.4 Å². The summed E-state index contributed by atoms with van der Waals surface area (Å²) in [5, 5.41) is 0. The van der Waals surface area contributed by atoms with Gasteiger partial charge in [0.2, 0.25) is 0 Å². The second kappa shape index (κ2) is 22.2. The summed E-state index contributed by atoms with van der Waals surface area (Å²) < 4.78 is 15.6. The van der Waals surface area contributed by atoms with Crippen molar-refractivity contribution in [2.24, 2.45) is 0 Å². The molecule has 0 N–H and O–H groups in total. The lowest BCUT2D eigenvalue weighted by molar-refractivity contribution is -0.259. The molecule has 2 unspecified atom stereocenters. The van der Waals surface area contributed by atoms with E-state index in [1.165, 1.54) is 64.2 Å². The molecule has 0 aromatic carbocycles. The number of hydrogen-bond donors (Lipinski definition) is 0. The first kappa shape index (κ1) is 23.2. The molecule has 0 bridgehead atoms. The Labute approximate surface area is 176 Å². The summed E-state index contributed by atoms with van der Waals surface area (Å²) in [6.07, 6.45) is 17.1. The minimum atomic E-state index is -1.03. The molecule has 0 heterocycles. The highest BCUT2D eigenvalue weighted by atomic mass is 17.2.